The number of carbonyl (C=O) groups excluding carboxylic acids is 2. The largest absolute Gasteiger partial charge is 0.0622 e. The first-order chi connectivity index (χ1) is 59.7. The van der Waals surface area contributed by atoms with Gasteiger partial charge in [0.25, 0.3) is 13.6 Å². The van der Waals surface area contributed by atoms with E-state index in [0.717, 1.165) is 0 Å². The smallest absolute Gasteiger partial charge is 0.0134 e. The zero-order valence-corrected chi connectivity index (χ0v) is 76.5. The van der Waals surface area contributed by atoms with E-state index in [9.17, 15) is 0 Å². The number of halogens is 1. The Morgan fingerprint density at radius 3 is 0.198 bits per heavy atom. The van der Waals surface area contributed by atoms with Gasteiger partial charge >= 0.3 is 46.5 Å². The molecule has 0 aliphatic rings. The molecule has 0 fully saturated rings. The van der Waals surface area contributed by atoms with Crippen molar-refractivity contribution in [2.75, 3.05) is 0 Å². The van der Waals surface area contributed by atoms with Gasteiger partial charge in [0.05, 0.1) is 0 Å². The summed E-state index contributed by atoms with van der Waals surface area (Å²) in [7, 11) is 1.89. The summed E-state index contributed by atoms with van der Waals surface area (Å²) in [5, 5.41) is 25.2. The molecule has 0 N–H and O–H groups in total. The third kappa shape index (κ3) is 29.9. The average molecular weight is 1870 g/mol. The molecule has 18 aromatic rings. The van der Waals surface area contributed by atoms with E-state index >= 15 is 0 Å². The van der Waals surface area contributed by atoms with Gasteiger partial charge in [0, 0.05) is 0 Å². The summed E-state index contributed by atoms with van der Waals surface area (Å²) in [4.78, 5) is 15.0. The molecular weight excluding hydrogens is 1780 g/mol. The zero-order chi connectivity index (χ0) is 83.5. The maximum Gasteiger partial charge on any atom is -0.0134 e. The van der Waals surface area contributed by atoms with Crippen molar-refractivity contribution in [3.63, 3.8) is 0 Å². The quantitative estimate of drug-likeness (QED) is 0.0634. The van der Waals surface area contributed by atoms with Gasteiger partial charge in [-0.25, -0.2) is 0 Å². The summed E-state index contributed by atoms with van der Waals surface area (Å²) in [5.41, 5.74) is 0. The minimum Gasteiger partial charge on any atom is -0.0622 e. The molecule has 0 aromatic heterocycles. The standard InChI is InChI=1S/6C18H15P.2CO.ClH.2Ru.2H/c6*1-4-10-16(11-5-1)19(17-12-6-2-7-13-17)18-14-8-3-9-15-18;2*1-2;;;;;/h6*1-15H;;;1H;;;;/q;;;;;;;;;;+1;;/p-1. The number of hydrogen-bond donors (Lipinski definition) is 0. The number of rotatable bonds is 18. The van der Waals surface area contributed by atoms with Crippen LogP contribution in [0.2, 0.25) is 0 Å². The molecule has 2 nitrogen and oxygen atoms in total. The number of benzene rings is 18. The van der Waals surface area contributed by atoms with Crippen molar-refractivity contribution in [2.45, 2.75) is 0 Å². The second-order valence-electron chi connectivity index (χ2n) is 26.1. The molecule has 0 heterocycles. The predicted molar refractivity (Wildman–Crippen MR) is 531 cm³/mol. The molecule has 0 aliphatic heterocycles. The fourth-order valence-corrected chi connectivity index (χ4v) is 26.9. The molecule has 0 spiro atoms. The van der Waals surface area contributed by atoms with Crippen LogP contribution >= 0.6 is 57.2 Å². The Bertz CT molecular complexity index is 4140. The molecule has 0 atom stereocenters. The minimum absolute atomic E-state index is 0. The molecule has 11 heteroatoms. The van der Waals surface area contributed by atoms with Crippen LogP contribution in [0.15, 0.2) is 546 Å². The molecule has 0 aliphatic carbocycles. The van der Waals surface area contributed by atoms with E-state index in [2.05, 4.69) is 569 Å². The van der Waals surface area contributed by atoms with Crippen molar-refractivity contribution < 1.29 is 46.4 Å². The van der Waals surface area contributed by atoms with Crippen molar-refractivity contribution in [1.29, 1.82) is 0 Å². The number of hydrogen-bond acceptors (Lipinski definition) is 2. The summed E-state index contributed by atoms with van der Waals surface area (Å²) < 4.78 is 0. The van der Waals surface area contributed by atoms with Crippen LogP contribution in [0.1, 0.15) is 0 Å². The molecule has 18 aromatic carbocycles. The summed E-state index contributed by atoms with van der Waals surface area (Å²) >= 11 is 1.82. The molecule has 0 amide bonds. The van der Waals surface area contributed by atoms with Crippen LogP contribution in [0, 0.1) is 0 Å². The van der Waals surface area contributed by atoms with Crippen LogP contribution in [0.3, 0.4) is 0 Å². The first kappa shape index (κ1) is 94.3. The Morgan fingerprint density at radius 1 is 0.116 bits per heavy atom. The molecule has 597 valence electrons. The summed E-state index contributed by atoms with van der Waals surface area (Å²) in [5.74, 6) is 0. The summed E-state index contributed by atoms with van der Waals surface area (Å²) in [6.07, 6.45) is 0. The van der Waals surface area contributed by atoms with E-state index in [4.69, 9.17) is 9.59 Å². The third-order valence-corrected chi connectivity index (χ3v) is 32.9. The van der Waals surface area contributed by atoms with Crippen molar-refractivity contribution in [3.05, 3.63) is 546 Å². The molecule has 0 unspecified atom stereocenters. The Hall–Kier alpha value is -10.6. The first-order valence-electron chi connectivity index (χ1n) is 39.0. The maximum absolute atomic E-state index is 7.50. The van der Waals surface area contributed by atoms with Crippen LogP contribution < -0.4 is 95.5 Å². The Morgan fingerprint density at radius 2 is 0.157 bits per heavy atom. The molecule has 4 radical (unpaired) electrons. The van der Waals surface area contributed by atoms with Gasteiger partial charge in [-0.15, -0.1) is 0 Å². The molecular formula is C110H92ClO2P6Ru2. The van der Waals surface area contributed by atoms with E-state index in [1.54, 1.807) is 0 Å². The Labute approximate surface area is 752 Å². The van der Waals surface area contributed by atoms with E-state index in [1.807, 2.05) is 17.3 Å². The van der Waals surface area contributed by atoms with Crippen LogP contribution in [0.4, 0.5) is 0 Å². The summed E-state index contributed by atoms with van der Waals surface area (Å²) in [6.45, 7) is 9.00. The van der Waals surface area contributed by atoms with Crippen molar-refractivity contribution in [2.24, 2.45) is 0 Å². The minimum atomic E-state index is -0.446. The zero-order valence-electron chi connectivity index (χ0n) is 66.6. The molecule has 0 bridgehead atoms. The first-order valence-corrected chi connectivity index (χ1v) is 49.2. The van der Waals surface area contributed by atoms with Crippen LogP contribution in [-0.2, 0) is 46.4 Å². The van der Waals surface area contributed by atoms with E-state index < -0.39 is 47.5 Å². The predicted octanol–water partition coefficient (Wildman–Crippen LogP) is 20.0. The normalized spacial score (nSPS) is 10.1. The SMILES string of the molecule is [C]=O.[C]=O.[Cl][Ru].[RuH2].c1ccc(P(c2ccccc2)c2ccccc2)cc1.c1ccc(P(c2ccccc2)c2ccccc2)cc1.c1ccc(P(c2ccccc2)c2ccccc2)cc1.c1ccc(P(c2ccccc2)c2ccccc2)cc1.c1ccc(P(c2ccccc2)c2ccccc2)cc1.c1ccc(P(c2ccccc2)c2ccccc2)cc1. The van der Waals surface area contributed by atoms with Gasteiger partial charge in [-0.1, -0.05) is 546 Å². The van der Waals surface area contributed by atoms with Crippen molar-refractivity contribution >= 4 is 166 Å². The van der Waals surface area contributed by atoms with Gasteiger partial charge in [-0.3, -0.25) is 9.59 Å². The van der Waals surface area contributed by atoms with Crippen molar-refractivity contribution in [3.8, 4) is 0 Å². The van der Waals surface area contributed by atoms with Gasteiger partial charge in [0.15, 0.2) is 0 Å². The second kappa shape index (κ2) is 56.1. The van der Waals surface area contributed by atoms with Gasteiger partial charge in [0.1, 0.15) is 0 Å². The second-order valence-corrected chi connectivity index (χ2v) is 39.4. The molecule has 121 heavy (non-hydrogen) atoms. The monoisotopic (exact) mass is 1870 g/mol. The van der Waals surface area contributed by atoms with Gasteiger partial charge in [-0.05, 0) is 143 Å². The Balaban J connectivity index is 0.000000163. The van der Waals surface area contributed by atoms with Gasteiger partial charge < -0.3 is 0 Å². The van der Waals surface area contributed by atoms with Crippen LogP contribution in [0.25, 0.3) is 0 Å². The molecule has 0 saturated heterocycles. The van der Waals surface area contributed by atoms with Crippen LogP contribution in [0.5, 0.6) is 0 Å². The van der Waals surface area contributed by atoms with E-state index in [1.165, 1.54) is 95.5 Å². The topological polar surface area (TPSA) is 34.1 Å². The molecule has 0 saturated carbocycles. The third-order valence-electron chi connectivity index (χ3n) is 18.3. The average Bonchev–Trinajstić information content (AvgIpc) is 0.853. The van der Waals surface area contributed by atoms with E-state index in [0.29, 0.717) is 0 Å². The van der Waals surface area contributed by atoms with Gasteiger partial charge in [-0.2, -0.15) is 0 Å². The molecule has 18 rings (SSSR count). The maximum atomic E-state index is 7.50. The summed E-state index contributed by atoms with van der Waals surface area (Å²) in [6, 6.07) is 194. The van der Waals surface area contributed by atoms with Gasteiger partial charge in [0.2, 0.25) is 0 Å². The Kier molecular flexibility index (Phi) is 43.7. The van der Waals surface area contributed by atoms with E-state index in [-0.39, 0.29) is 19.5 Å². The van der Waals surface area contributed by atoms with Crippen molar-refractivity contribution in [1.82, 2.24) is 0 Å². The fraction of sp³-hybridized carbons (Fsp3) is 0. The fourth-order valence-electron chi connectivity index (χ4n) is 13.1. The van der Waals surface area contributed by atoms with Crippen LogP contribution in [-0.4, -0.2) is 13.6 Å².